The van der Waals surface area contributed by atoms with Gasteiger partial charge in [0, 0.05) is 14.9 Å². The summed E-state index contributed by atoms with van der Waals surface area (Å²) in [5.74, 6) is -1.08. The van der Waals surface area contributed by atoms with E-state index in [0.29, 0.717) is 11.4 Å². The van der Waals surface area contributed by atoms with Crippen LogP contribution in [0, 0.1) is 3.57 Å². The first-order valence-electron chi connectivity index (χ1n) is 5.32. The van der Waals surface area contributed by atoms with E-state index >= 15 is 0 Å². The number of rotatable bonds is 3. The maximum Gasteiger partial charge on any atom is 0.337 e. The molecule has 0 heterocycles. The van der Waals surface area contributed by atoms with E-state index < -0.39 is 5.97 Å². The lowest BCUT2D eigenvalue weighted by atomic mass is 10.1. The number of carboxylic acids is 1. The fourth-order valence-electron chi connectivity index (χ4n) is 1.63. The molecule has 0 aliphatic carbocycles. The average Bonchev–Trinajstić information content (AvgIpc) is 2.32. The van der Waals surface area contributed by atoms with E-state index in [1.54, 1.807) is 0 Å². The monoisotopic (exact) mass is 388 g/mol. The van der Waals surface area contributed by atoms with Gasteiger partial charge in [-0.1, -0.05) is 17.7 Å². The number of hydrogen-bond acceptors (Lipinski definition) is 3. The van der Waals surface area contributed by atoms with Crippen molar-refractivity contribution in [2.45, 2.75) is 0 Å². The zero-order chi connectivity index (χ0) is 14.0. The van der Waals surface area contributed by atoms with E-state index in [0.717, 1.165) is 9.26 Å². The van der Waals surface area contributed by atoms with Gasteiger partial charge in [-0.3, -0.25) is 0 Å². The predicted octanol–water partition coefficient (Wildman–Crippen LogP) is 3.97. The fraction of sp³-hybridized carbons (Fsp3) is 0. The summed E-state index contributed by atoms with van der Waals surface area (Å²) in [6.45, 7) is 0. The van der Waals surface area contributed by atoms with Crippen LogP contribution >= 0.6 is 34.2 Å². The lowest BCUT2D eigenvalue weighted by Gasteiger charge is -2.12. The Morgan fingerprint density at radius 1 is 1.32 bits per heavy atom. The molecular formula is C13H10ClIN2O2. The van der Waals surface area contributed by atoms with Crippen LogP contribution in [0.5, 0.6) is 0 Å². The molecule has 19 heavy (non-hydrogen) atoms. The van der Waals surface area contributed by atoms with Crippen LogP contribution in [0.2, 0.25) is 5.02 Å². The van der Waals surface area contributed by atoms with Crippen molar-refractivity contribution in [3.05, 3.63) is 50.6 Å². The van der Waals surface area contributed by atoms with Crippen molar-refractivity contribution in [3.63, 3.8) is 0 Å². The first-order valence-corrected chi connectivity index (χ1v) is 6.78. The van der Waals surface area contributed by atoms with Gasteiger partial charge in [0.05, 0.1) is 16.3 Å². The summed E-state index contributed by atoms with van der Waals surface area (Å²) in [7, 11) is 0. The Labute approximate surface area is 128 Å². The standard InChI is InChI=1S/C13H10ClIN2O2/c14-11-6-8(16)5-10(13(18)19)12(11)17-9-3-1-2-7(15)4-9/h1-6,17H,16H2,(H,18,19). The summed E-state index contributed by atoms with van der Waals surface area (Å²) >= 11 is 8.24. The van der Waals surface area contributed by atoms with E-state index in [-0.39, 0.29) is 10.6 Å². The maximum atomic E-state index is 11.2. The molecular weight excluding hydrogens is 379 g/mol. The Hall–Kier alpha value is -1.47. The van der Waals surface area contributed by atoms with Crippen LogP contribution in [-0.2, 0) is 0 Å². The second-order valence-electron chi connectivity index (χ2n) is 3.87. The van der Waals surface area contributed by atoms with E-state index in [4.69, 9.17) is 17.3 Å². The smallest absolute Gasteiger partial charge is 0.337 e. The van der Waals surface area contributed by atoms with Gasteiger partial charge >= 0.3 is 5.97 Å². The summed E-state index contributed by atoms with van der Waals surface area (Å²) in [6, 6.07) is 10.4. The summed E-state index contributed by atoms with van der Waals surface area (Å²) in [6.07, 6.45) is 0. The molecule has 2 rings (SSSR count). The van der Waals surface area contributed by atoms with E-state index in [1.165, 1.54) is 12.1 Å². The highest BCUT2D eigenvalue weighted by Crippen LogP contribution is 2.32. The highest BCUT2D eigenvalue weighted by atomic mass is 127. The van der Waals surface area contributed by atoms with Gasteiger partial charge in [0.1, 0.15) is 0 Å². The number of carbonyl (C=O) groups is 1. The molecule has 0 unspecified atom stereocenters. The van der Waals surface area contributed by atoms with Gasteiger partial charge in [-0.05, 0) is 52.9 Å². The number of carboxylic acid groups (broad SMARTS) is 1. The van der Waals surface area contributed by atoms with Crippen LogP contribution < -0.4 is 11.1 Å². The number of anilines is 3. The molecule has 2 aromatic carbocycles. The minimum Gasteiger partial charge on any atom is -0.478 e. The van der Waals surface area contributed by atoms with Gasteiger partial charge in [0.15, 0.2) is 0 Å². The molecule has 6 heteroatoms. The Kier molecular flexibility index (Phi) is 4.16. The van der Waals surface area contributed by atoms with Crippen molar-refractivity contribution < 1.29 is 9.90 Å². The number of nitrogen functional groups attached to an aromatic ring is 1. The maximum absolute atomic E-state index is 11.2. The number of nitrogens with two attached hydrogens (primary N) is 1. The van der Waals surface area contributed by atoms with Crippen LogP contribution in [0.3, 0.4) is 0 Å². The molecule has 0 bridgehead atoms. The SMILES string of the molecule is Nc1cc(Cl)c(Nc2cccc(I)c2)c(C(=O)O)c1. The Balaban J connectivity index is 2.47. The number of benzene rings is 2. The molecule has 0 atom stereocenters. The summed E-state index contributed by atoms with van der Waals surface area (Å²) in [4.78, 5) is 11.2. The minimum atomic E-state index is -1.08. The molecule has 98 valence electrons. The highest BCUT2D eigenvalue weighted by molar-refractivity contribution is 14.1. The van der Waals surface area contributed by atoms with Gasteiger partial charge in [-0.25, -0.2) is 4.79 Å². The summed E-state index contributed by atoms with van der Waals surface area (Å²) < 4.78 is 1.03. The van der Waals surface area contributed by atoms with Crippen molar-refractivity contribution in [1.29, 1.82) is 0 Å². The third kappa shape index (κ3) is 3.30. The molecule has 0 saturated heterocycles. The van der Waals surface area contributed by atoms with Crippen LogP contribution in [-0.4, -0.2) is 11.1 Å². The Morgan fingerprint density at radius 2 is 2.05 bits per heavy atom. The first-order chi connectivity index (χ1) is 8.97. The second-order valence-corrected chi connectivity index (χ2v) is 5.52. The molecule has 0 aliphatic heterocycles. The van der Waals surface area contributed by atoms with Gasteiger partial charge in [-0.2, -0.15) is 0 Å². The van der Waals surface area contributed by atoms with Crippen molar-refractivity contribution in [2.24, 2.45) is 0 Å². The number of halogens is 2. The largest absolute Gasteiger partial charge is 0.478 e. The molecule has 0 aliphatic rings. The molecule has 4 N–H and O–H groups in total. The van der Waals surface area contributed by atoms with Crippen molar-refractivity contribution in [1.82, 2.24) is 0 Å². The molecule has 0 amide bonds. The third-order valence-electron chi connectivity index (χ3n) is 2.44. The Morgan fingerprint density at radius 3 is 2.68 bits per heavy atom. The van der Waals surface area contributed by atoms with E-state index in [1.807, 2.05) is 24.3 Å². The number of aromatic carboxylic acids is 1. The lowest BCUT2D eigenvalue weighted by Crippen LogP contribution is -2.05. The molecule has 0 spiro atoms. The summed E-state index contributed by atoms with van der Waals surface area (Å²) in [5, 5.41) is 12.5. The van der Waals surface area contributed by atoms with Gasteiger partial charge in [0.25, 0.3) is 0 Å². The second kappa shape index (κ2) is 5.66. The Bertz CT molecular complexity index is 647. The molecule has 4 nitrogen and oxygen atoms in total. The van der Waals surface area contributed by atoms with E-state index in [9.17, 15) is 9.90 Å². The number of nitrogens with one attached hydrogen (secondary N) is 1. The molecule has 2 aromatic rings. The van der Waals surface area contributed by atoms with E-state index in [2.05, 4.69) is 27.9 Å². The molecule has 0 fully saturated rings. The van der Waals surface area contributed by atoms with Crippen LogP contribution in [0.15, 0.2) is 36.4 Å². The topological polar surface area (TPSA) is 75.3 Å². The quantitative estimate of drug-likeness (QED) is 0.549. The van der Waals surface area contributed by atoms with Crippen molar-refractivity contribution in [3.8, 4) is 0 Å². The molecule has 0 aromatic heterocycles. The minimum absolute atomic E-state index is 0.0452. The summed E-state index contributed by atoms with van der Waals surface area (Å²) in [5.41, 5.74) is 7.07. The third-order valence-corrected chi connectivity index (χ3v) is 3.41. The predicted molar refractivity (Wildman–Crippen MR) is 85.3 cm³/mol. The average molecular weight is 389 g/mol. The highest BCUT2D eigenvalue weighted by Gasteiger charge is 2.15. The molecule has 0 saturated carbocycles. The first kappa shape index (κ1) is 14.0. The zero-order valence-corrected chi connectivity index (χ0v) is 12.6. The van der Waals surface area contributed by atoms with Crippen LogP contribution in [0.25, 0.3) is 0 Å². The zero-order valence-electron chi connectivity index (χ0n) is 9.65. The lowest BCUT2D eigenvalue weighted by molar-refractivity contribution is 0.0698. The van der Waals surface area contributed by atoms with Crippen LogP contribution in [0.4, 0.5) is 17.1 Å². The molecule has 0 radical (unpaired) electrons. The van der Waals surface area contributed by atoms with Crippen molar-refractivity contribution in [2.75, 3.05) is 11.1 Å². The van der Waals surface area contributed by atoms with Gasteiger partial charge in [-0.15, -0.1) is 0 Å². The number of hydrogen-bond donors (Lipinski definition) is 3. The van der Waals surface area contributed by atoms with Crippen LogP contribution in [0.1, 0.15) is 10.4 Å². The van der Waals surface area contributed by atoms with Gasteiger partial charge < -0.3 is 16.2 Å². The normalized spacial score (nSPS) is 10.2. The van der Waals surface area contributed by atoms with Crippen molar-refractivity contribution >= 4 is 57.2 Å². The fourth-order valence-corrected chi connectivity index (χ4v) is 2.45. The van der Waals surface area contributed by atoms with Gasteiger partial charge in [0.2, 0.25) is 0 Å².